The number of nitrogens with zero attached hydrogens (tertiary/aromatic N) is 1. The van der Waals surface area contributed by atoms with Crippen LogP contribution in [0.25, 0.3) is 17.3 Å². The van der Waals surface area contributed by atoms with Gasteiger partial charge in [-0.05, 0) is 44.0 Å². The van der Waals surface area contributed by atoms with Crippen LogP contribution < -0.4 is 10.1 Å². The highest BCUT2D eigenvalue weighted by atomic mass is 35.5. The van der Waals surface area contributed by atoms with Gasteiger partial charge in [0.1, 0.15) is 5.75 Å². The molecule has 1 heterocycles. The molecule has 0 saturated carbocycles. The first-order valence-corrected chi connectivity index (χ1v) is 14.3. The van der Waals surface area contributed by atoms with Gasteiger partial charge in [-0.1, -0.05) is 62.0 Å². The highest BCUT2D eigenvalue weighted by molar-refractivity contribution is 7.14. The largest absolute Gasteiger partial charge is 0.496 e. The first-order chi connectivity index (χ1) is 18.7. The van der Waals surface area contributed by atoms with Gasteiger partial charge >= 0.3 is 5.97 Å². The molecule has 0 radical (unpaired) electrons. The van der Waals surface area contributed by atoms with E-state index in [9.17, 15) is 9.59 Å². The fourth-order valence-corrected chi connectivity index (χ4v) is 5.26. The Balaban J connectivity index is 1.85. The van der Waals surface area contributed by atoms with Crippen molar-refractivity contribution in [1.29, 1.82) is 0 Å². The molecule has 3 aromatic rings. The van der Waals surface area contributed by atoms with E-state index < -0.39 is 11.9 Å². The van der Waals surface area contributed by atoms with Crippen molar-refractivity contribution >= 4 is 57.6 Å². The molecule has 7 nitrogen and oxygen atoms in total. The molecule has 208 valence electrons. The maximum atomic E-state index is 13.0. The van der Waals surface area contributed by atoms with E-state index >= 15 is 0 Å². The summed E-state index contributed by atoms with van der Waals surface area (Å²) in [5.74, 6) is -0.830. The summed E-state index contributed by atoms with van der Waals surface area (Å²) in [5, 5.41) is 14.5. The van der Waals surface area contributed by atoms with Gasteiger partial charge in [0.15, 0.2) is 5.13 Å². The SMILES string of the molecule is CCCCOC(CCC)c1cccc(-c2csc(NC(=O)c3cc(Cl)c(/C=C(\C)C(=O)O)c(Cl)c3)n2)c1OC. The molecule has 1 aromatic heterocycles. The van der Waals surface area contributed by atoms with Crippen molar-refractivity contribution in [2.75, 3.05) is 19.0 Å². The Morgan fingerprint density at radius 1 is 1.18 bits per heavy atom. The number of unbranched alkanes of at least 4 members (excludes halogenated alkanes) is 1. The van der Waals surface area contributed by atoms with Gasteiger partial charge in [0, 0.05) is 39.8 Å². The summed E-state index contributed by atoms with van der Waals surface area (Å²) in [6.45, 7) is 6.39. The number of carbonyl (C=O) groups is 2. The molecule has 2 N–H and O–H groups in total. The standard InChI is InChI=1S/C29H32Cl2N2O5S/c1-5-7-12-38-25(9-6-2)20-11-8-10-19(26(20)37-4)24-16-39-29(32-24)33-27(34)18-14-22(30)21(23(31)15-18)13-17(3)28(35)36/h8,10-11,13-16,25H,5-7,9,12H2,1-4H3,(H,35,36)(H,32,33,34)/b17-13+. The molecule has 1 amide bonds. The van der Waals surface area contributed by atoms with E-state index in [1.165, 1.54) is 36.5 Å². The van der Waals surface area contributed by atoms with Gasteiger partial charge in [-0.25, -0.2) is 9.78 Å². The number of rotatable bonds is 13. The Morgan fingerprint density at radius 3 is 2.51 bits per heavy atom. The van der Waals surface area contributed by atoms with Crippen LogP contribution in [0.5, 0.6) is 5.75 Å². The van der Waals surface area contributed by atoms with E-state index in [0.717, 1.165) is 36.8 Å². The summed E-state index contributed by atoms with van der Waals surface area (Å²) in [6.07, 6.45) is 5.19. The Bertz CT molecular complexity index is 1330. The molecule has 0 aliphatic rings. The number of thiazole rings is 1. The first kappa shape index (κ1) is 30.6. The third kappa shape index (κ3) is 7.82. The number of aromatic nitrogens is 1. The van der Waals surface area contributed by atoms with Gasteiger partial charge in [-0.15, -0.1) is 11.3 Å². The molecule has 3 rings (SSSR count). The molecular weight excluding hydrogens is 559 g/mol. The Morgan fingerprint density at radius 2 is 1.90 bits per heavy atom. The summed E-state index contributed by atoms with van der Waals surface area (Å²) in [5.41, 5.74) is 3.07. The second-order valence-corrected chi connectivity index (χ2v) is 10.6. The summed E-state index contributed by atoms with van der Waals surface area (Å²) >= 11 is 13.9. The van der Waals surface area contributed by atoms with Crippen molar-refractivity contribution in [2.45, 2.75) is 52.6 Å². The molecule has 0 aliphatic carbocycles. The molecule has 39 heavy (non-hydrogen) atoms. The number of ether oxygens (including phenoxy) is 2. The van der Waals surface area contributed by atoms with Gasteiger partial charge in [0.25, 0.3) is 5.91 Å². The number of carbonyl (C=O) groups excluding carboxylic acids is 1. The fourth-order valence-electron chi connectivity index (χ4n) is 3.95. The number of anilines is 1. The summed E-state index contributed by atoms with van der Waals surface area (Å²) < 4.78 is 12.0. The monoisotopic (exact) mass is 590 g/mol. The normalized spacial score (nSPS) is 12.3. The second-order valence-electron chi connectivity index (χ2n) is 8.91. The minimum atomic E-state index is -1.09. The van der Waals surface area contributed by atoms with Crippen LogP contribution in [0.2, 0.25) is 10.0 Å². The maximum absolute atomic E-state index is 13.0. The summed E-state index contributed by atoms with van der Waals surface area (Å²) in [4.78, 5) is 28.7. The van der Waals surface area contributed by atoms with Crippen LogP contribution >= 0.6 is 34.5 Å². The van der Waals surface area contributed by atoms with Crippen molar-refractivity contribution in [3.63, 3.8) is 0 Å². The lowest BCUT2D eigenvalue weighted by molar-refractivity contribution is -0.132. The van der Waals surface area contributed by atoms with Gasteiger partial charge < -0.3 is 14.6 Å². The van der Waals surface area contributed by atoms with Crippen LogP contribution in [0.1, 0.15) is 74.0 Å². The second kappa shape index (κ2) is 14.5. The first-order valence-electron chi connectivity index (χ1n) is 12.7. The molecule has 1 unspecified atom stereocenters. The third-order valence-electron chi connectivity index (χ3n) is 6.00. The minimum Gasteiger partial charge on any atom is -0.496 e. The topological polar surface area (TPSA) is 97.8 Å². The van der Waals surface area contributed by atoms with E-state index in [-0.39, 0.29) is 27.3 Å². The van der Waals surface area contributed by atoms with Crippen LogP contribution in [0, 0.1) is 0 Å². The molecule has 0 bridgehead atoms. The van der Waals surface area contributed by atoms with Crippen LogP contribution in [0.4, 0.5) is 5.13 Å². The highest BCUT2D eigenvalue weighted by Crippen LogP contribution is 2.40. The van der Waals surface area contributed by atoms with Crippen molar-refractivity contribution in [3.05, 3.63) is 68.0 Å². The zero-order chi connectivity index (χ0) is 28.5. The van der Waals surface area contributed by atoms with E-state index in [0.29, 0.717) is 28.7 Å². The number of carboxylic acid groups (broad SMARTS) is 1. The predicted molar refractivity (Wildman–Crippen MR) is 158 cm³/mol. The molecule has 10 heteroatoms. The number of benzene rings is 2. The van der Waals surface area contributed by atoms with Crippen molar-refractivity contribution in [2.24, 2.45) is 0 Å². The molecular formula is C29H32Cl2N2O5S. The van der Waals surface area contributed by atoms with Gasteiger partial charge in [-0.2, -0.15) is 0 Å². The van der Waals surface area contributed by atoms with E-state index in [4.69, 9.17) is 37.8 Å². The van der Waals surface area contributed by atoms with Gasteiger partial charge in [0.2, 0.25) is 0 Å². The quantitative estimate of drug-likeness (QED) is 0.153. The molecule has 2 aromatic carbocycles. The van der Waals surface area contributed by atoms with Crippen LogP contribution in [0.3, 0.4) is 0 Å². The number of hydrogen-bond donors (Lipinski definition) is 2. The number of carboxylic acids is 1. The van der Waals surface area contributed by atoms with Crippen molar-refractivity contribution in [1.82, 2.24) is 4.98 Å². The number of halogens is 2. The number of aliphatic carboxylic acids is 1. The zero-order valence-electron chi connectivity index (χ0n) is 22.3. The average Bonchev–Trinajstić information content (AvgIpc) is 3.37. The number of methoxy groups -OCH3 is 1. The number of para-hydroxylation sites is 1. The molecule has 0 saturated heterocycles. The molecule has 0 fully saturated rings. The lowest BCUT2D eigenvalue weighted by atomic mass is 9.99. The zero-order valence-corrected chi connectivity index (χ0v) is 24.7. The summed E-state index contributed by atoms with van der Waals surface area (Å²) in [6, 6.07) is 8.80. The van der Waals surface area contributed by atoms with Crippen LogP contribution in [0.15, 0.2) is 41.3 Å². The predicted octanol–water partition coefficient (Wildman–Crippen LogP) is 8.52. The molecule has 0 spiro atoms. The lowest BCUT2D eigenvalue weighted by Gasteiger charge is -2.21. The van der Waals surface area contributed by atoms with E-state index in [2.05, 4.69) is 24.1 Å². The third-order valence-corrected chi connectivity index (χ3v) is 7.39. The van der Waals surface area contributed by atoms with E-state index in [1.807, 2.05) is 23.6 Å². The average molecular weight is 592 g/mol. The number of amides is 1. The highest BCUT2D eigenvalue weighted by Gasteiger charge is 2.21. The van der Waals surface area contributed by atoms with Crippen molar-refractivity contribution in [3.8, 4) is 17.0 Å². The summed E-state index contributed by atoms with van der Waals surface area (Å²) in [7, 11) is 1.64. The number of hydrogen-bond acceptors (Lipinski definition) is 6. The Labute approximate surface area is 242 Å². The van der Waals surface area contributed by atoms with Gasteiger partial charge in [-0.3, -0.25) is 10.1 Å². The Hall–Kier alpha value is -2.91. The van der Waals surface area contributed by atoms with Crippen LogP contribution in [-0.2, 0) is 9.53 Å². The molecule has 1 atom stereocenters. The fraction of sp³-hybridized carbons (Fsp3) is 0.345. The Kier molecular flexibility index (Phi) is 11.4. The minimum absolute atomic E-state index is 0.0688. The maximum Gasteiger partial charge on any atom is 0.331 e. The van der Waals surface area contributed by atoms with E-state index in [1.54, 1.807) is 7.11 Å². The van der Waals surface area contributed by atoms with Gasteiger partial charge in [0.05, 0.1) is 29.0 Å². The lowest BCUT2D eigenvalue weighted by Crippen LogP contribution is -2.12. The van der Waals surface area contributed by atoms with Crippen LogP contribution in [-0.4, -0.2) is 35.7 Å². The smallest absolute Gasteiger partial charge is 0.331 e. The number of nitrogens with one attached hydrogen (secondary N) is 1. The van der Waals surface area contributed by atoms with Crippen molar-refractivity contribution < 1.29 is 24.2 Å². The molecule has 0 aliphatic heterocycles.